The number of esters is 2. The van der Waals surface area contributed by atoms with E-state index in [9.17, 15) is 9.59 Å². The van der Waals surface area contributed by atoms with Gasteiger partial charge in [0, 0.05) is 12.5 Å². The first kappa shape index (κ1) is 12.4. The van der Waals surface area contributed by atoms with Crippen LogP contribution >= 0.6 is 0 Å². The van der Waals surface area contributed by atoms with Gasteiger partial charge < -0.3 is 9.47 Å². The fourth-order valence-electron chi connectivity index (χ4n) is 0.680. The Morgan fingerprint density at radius 2 is 1.86 bits per heavy atom. The number of methoxy groups -OCH3 is 2. The molecule has 0 unspecified atom stereocenters. The number of rotatable bonds is 5. The summed E-state index contributed by atoms with van der Waals surface area (Å²) in [6.07, 6.45) is 7.26. The SMILES string of the molecule is COC(=O)C=CC=CCCC(=O)OC. The molecule has 0 aliphatic carbocycles. The largest absolute Gasteiger partial charge is 0.469 e. The lowest BCUT2D eigenvalue weighted by Crippen LogP contribution is -1.97. The maximum atomic E-state index is 10.7. The third kappa shape index (κ3) is 7.09. The van der Waals surface area contributed by atoms with Crippen molar-refractivity contribution in [2.45, 2.75) is 12.8 Å². The summed E-state index contributed by atoms with van der Waals surface area (Å²) in [5.74, 6) is -0.644. The average molecular weight is 198 g/mol. The van der Waals surface area contributed by atoms with Gasteiger partial charge in [-0.05, 0) is 6.42 Å². The van der Waals surface area contributed by atoms with Crippen molar-refractivity contribution in [1.29, 1.82) is 0 Å². The highest BCUT2D eigenvalue weighted by atomic mass is 16.5. The summed E-state index contributed by atoms with van der Waals surface area (Å²) in [5.41, 5.74) is 0. The van der Waals surface area contributed by atoms with Crippen LogP contribution in [0.5, 0.6) is 0 Å². The van der Waals surface area contributed by atoms with Crippen molar-refractivity contribution in [3.63, 3.8) is 0 Å². The van der Waals surface area contributed by atoms with E-state index in [-0.39, 0.29) is 5.97 Å². The lowest BCUT2D eigenvalue weighted by Gasteiger charge is -1.92. The lowest BCUT2D eigenvalue weighted by molar-refractivity contribution is -0.140. The van der Waals surface area contributed by atoms with E-state index in [1.54, 1.807) is 18.2 Å². The first-order chi connectivity index (χ1) is 6.70. The van der Waals surface area contributed by atoms with Crippen molar-refractivity contribution in [3.8, 4) is 0 Å². The number of hydrogen-bond donors (Lipinski definition) is 0. The van der Waals surface area contributed by atoms with Gasteiger partial charge in [-0.3, -0.25) is 4.79 Å². The highest BCUT2D eigenvalue weighted by molar-refractivity contribution is 5.82. The Morgan fingerprint density at radius 1 is 1.14 bits per heavy atom. The Bertz CT molecular complexity index is 241. The van der Waals surface area contributed by atoms with Crippen molar-refractivity contribution in [1.82, 2.24) is 0 Å². The molecule has 78 valence electrons. The van der Waals surface area contributed by atoms with Crippen LogP contribution < -0.4 is 0 Å². The molecule has 0 aromatic heterocycles. The van der Waals surface area contributed by atoms with Crippen molar-refractivity contribution < 1.29 is 19.1 Å². The van der Waals surface area contributed by atoms with E-state index in [1.165, 1.54) is 20.3 Å². The van der Waals surface area contributed by atoms with Crippen LogP contribution in [0.25, 0.3) is 0 Å². The molecule has 0 aliphatic heterocycles. The molecule has 0 heterocycles. The quantitative estimate of drug-likeness (QED) is 0.378. The molecule has 0 radical (unpaired) electrons. The van der Waals surface area contributed by atoms with E-state index in [1.807, 2.05) is 0 Å². The molecule has 0 spiro atoms. The normalized spacial score (nSPS) is 10.7. The molecule has 0 fully saturated rings. The lowest BCUT2D eigenvalue weighted by atomic mass is 10.3. The minimum atomic E-state index is -0.400. The van der Waals surface area contributed by atoms with E-state index >= 15 is 0 Å². The topological polar surface area (TPSA) is 52.6 Å². The van der Waals surface area contributed by atoms with Crippen LogP contribution in [0.15, 0.2) is 24.3 Å². The van der Waals surface area contributed by atoms with Gasteiger partial charge in [0.05, 0.1) is 14.2 Å². The molecule has 0 saturated carbocycles. The Hall–Kier alpha value is -1.58. The predicted octanol–water partition coefficient (Wildman–Crippen LogP) is 1.22. The summed E-state index contributed by atoms with van der Waals surface area (Å²) in [7, 11) is 2.66. The van der Waals surface area contributed by atoms with Crippen molar-refractivity contribution in [2.75, 3.05) is 14.2 Å². The molecule has 0 rings (SSSR count). The zero-order valence-electron chi connectivity index (χ0n) is 8.36. The third-order valence-electron chi connectivity index (χ3n) is 1.42. The van der Waals surface area contributed by atoms with Crippen molar-refractivity contribution in [2.24, 2.45) is 0 Å². The number of carbonyl (C=O) groups is 2. The number of ether oxygens (including phenoxy) is 2. The number of carbonyl (C=O) groups excluding carboxylic acids is 2. The van der Waals surface area contributed by atoms with E-state index < -0.39 is 5.97 Å². The third-order valence-corrected chi connectivity index (χ3v) is 1.42. The summed E-state index contributed by atoms with van der Waals surface area (Å²) in [5, 5.41) is 0. The first-order valence-electron chi connectivity index (χ1n) is 4.18. The molecule has 14 heavy (non-hydrogen) atoms. The predicted molar refractivity (Wildman–Crippen MR) is 51.5 cm³/mol. The molecule has 0 atom stereocenters. The minimum absolute atomic E-state index is 0.244. The monoisotopic (exact) mass is 198 g/mol. The zero-order chi connectivity index (χ0) is 10.8. The molecular weight excluding hydrogens is 184 g/mol. The van der Waals surface area contributed by atoms with Crippen molar-refractivity contribution in [3.05, 3.63) is 24.3 Å². The highest BCUT2D eigenvalue weighted by Crippen LogP contribution is 1.93. The summed E-state index contributed by atoms with van der Waals surface area (Å²) in [4.78, 5) is 21.2. The molecule has 0 aromatic rings. The molecular formula is C10H14O4. The van der Waals surface area contributed by atoms with Gasteiger partial charge in [0.15, 0.2) is 0 Å². The Kier molecular flexibility index (Phi) is 7.13. The van der Waals surface area contributed by atoms with E-state index in [0.717, 1.165) is 0 Å². The van der Waals surface area contributed by atoms with Crippen LogP contribution in [0, 0.1) is 0 Å². The molecule has 0 amide bonds. The second-order valence-electron chi connectivity index (χ2n) is 2.43. The summed E-state index contributed by atoms with van der Waals surface area (Å²) in [6.45, 7) is 0. The molecule has 0 N–H and O–H groups in total. The van der Waals surface area contributed by atoms with Crippen LogP contribution in [0.3, 0.4) is 0 Å². The molecule has 0 saturated heterocycles. The van der Waals surface area contributed by atoms with Gasteiger partial charge in [-0.25, -0.2) is 4.79 Å². The van der Waals surface area contributed by atoms with Gasteiger partial charge in [0.1, 0.15) is 0 Å². The fraction of sp³-hybridized carbons (Fsp3) is 0.400. The Labute approximate surface area is 83.2 Å². The summed E-state index contributed by atoms with van der Waals surface area (Å²) >= 11 is 0. The minimum Gasteiger partial charge on any atom is -0.469 e. The Balaban J connectivity index is 3.59. The maximum absolute atomic E-state index is 10.7. The van der Waals surface area contributed by atoms with Crippen LogP contribution in [0.4, 0.5) is 0 Å². The van der Waals surface area contributed by atoms with Crippen LogP contribution in [-0.4, -0.2) is 26.2 Å². The zero-order valence-corrected chi connectivity index (χ0v) is 8.36. The molecule has 4 nitrogen and oxygen atoms in total. The second-order valence-corrected chi connectivity index (χ2v) is 2.43. The Morgan fingerprint density at radius 3 is 2.43 bits per heavy atom. The smallest absolute Gasteiger partial charge is 0.330 e. The van der Waals surface area contributed by atoms with Crippen LogP contribution in [0.2, 0.25) is 0 Å². The standard InChI is InChI=1S/C10H14O4/c1-13-9(11)7-5-3-4-6-8-10(12)14-2/h3-5,7H,6,8H2,1-2H3. The van der Waals surface area contributed by atoms with Gasteiger partial charge in [0.25, 0.3) is 0 Å². The first-order valence-corrected chi connectivity index (χ1v) is 4.18. The molecule has 4 heteroatoms. The molecule has 0 aliphatic rings. The van der Waals surface area contributed by atoms with Crippen LogP contribution in [-0.2, 0) is 19.1 Å². The number of hydrogen-bond acceptors (Lipinski definition) is 4. The summed E-state index contributed by atoms with van der Waals surface area (Å²) in [6, 6.07) is 0. The molecule has 0 bridgehead atoms. The van der Waals surface area contributed by atoms with Crippen molar-refractivity contribution >= 4 is 11.9 Å². The van der Waals surface area contributed by atoms with Gasteiger partial charge in [0.2, 0.25) is 0 Å². The highest BCUT2D eigenvalue weighted by Gasteiger charge is 1.95. The maximum Gasteiger partial charge on any atom is 0.330 e. The van der Waals surface area contributed by atoms with E-state index in [4.69, 9.17) is 0 Å². The van der Waals surface area contributed by atoms with Gasteiger partial charge >= 0.3 is 11.9 Å². The van der Waals surface area contributed by atoms with Gasteiger partial charge in [-0.2, -0.15) is 0 Å². The van der Waals surface area contributed by atoms with E-state index in [0.29, 0.717) is 12.8 Å². The van der Waals surface area contributed by atoms with Gasteiger partial charge in [-0.1, -0.05) is 18.2 Å². The second kappa shape index (κ2) is 8.04. The van der Waals surface area contributed by atoms with E-state index in [2.05, 4.69) is 9.47 Å². The number of allylic oxidation sites excluding steroid dienone is 3. The molecule has 0 aromatic carbocycles. The summed E-state index contributed by atoms with van der Waals surface area (Å²) < 4.78 is 8.83. The van der Waals surface area contributed by atoms with Gasteiger partial charge in [-0.15, -0.1) is 0 Å². The average Bonchev–Trinajstić information content (AvgIpc) is 2.22. The fourth-order valence-corrected chi connectivity index (χ4v) is 0.680. The van der Waals surface area contributed by atoms with Crippen LogP contribution in [0.1, 0.15) is 12.8 Å².